The van der Waals surface area contributed by atoms with Gasteiger partial charge in [0.1, 0.15) is 17.1 Å². The molecule has 1 aliphatic rings. The second-order valence-corrected chi connectivity index (χ2v) is 12.6. The fourth-order valence-corrected chi connectivity index (χ4v) is 6.15. The summed E-state index contributed by atoms with van der Waals surface area (Å²) in [6.07, 6.45) is 6.06. The number of methoxy groups -OCH3 is 2. The quantitative estimate of drug-likeness (QED) is 0.130. The summed E-state index contributed by atoms with van der Waals surface area (Å²) >= 11 is 0. The number of anilines is 1. The summed E-state index contributed by atoms with van der Waals surface area (Å²) in [4.78, 5) is 14.4. The first-order valence-corrected chi connectivity index (χ1v) is 16.8. The molecule has 10 nitrogen and oxygen atoms in total. The maximum atomic E-state index is 12.1. The molecular weight excluding hydrogens is 604 g/mol. The summed E-state index contributed by atoms with van der Waals surface area (Å²) in [5.74, 6) is 2.19. The number of aromatic nitrogens is 4. The standard InChI is InChI=1S/C38H46N6O4/c1-5-6-23-48-37-40-36(43(26-29-11-17-32(46-3)18-12-29)27-30-13-19-33(47-4)20-14-30)35-39-24-34(44(35)41-37)38(2,45)31-15-9-28(10-16-31)25-42-21-7-8-22-42/h9-20,24,45H,5-8,21-23,25-27H2,1-4H3. The zero-order valence-corrected chi connectivity index (χ0v) is 28.4. The number of nitrogens with zero attached hydrogens (tertiary/aromatic N) is 6. The first-order chi connectivity index (χ1) is 23.4. The van der Waals surface area contributed by atoms with E-state index in [1.165, 1.54) is 18.4 Å². The van der Waals surface area contributed by atoms with Crippen molar-refractivity contribution >= 4 is 11.5 Å². The van der Waals surface area contributed by atoms with E-state index in [4.69, 9.17) is 29.3 Å². The van der Waals surface area contributed by atoms with Gasteiger partial charge in [0.15, 0.2) is 11.5 Å². The number of rotatable bonds is 15. The Labute approximate surface area is 282 Å². The van der Waals surface area contributed by atoms with Gasteiger partial charge in [-0.15, -0.1) is 5.10 Å². The molecule has 5 aromatic rings. The lowest BCUT2D eigenvalue weighted by molar-refractivity contribution is 0.0949. The predicted molar refractivity (Wildman–Crippen MR) is 187 cm³/mol. The van der Waals surface area contributed by atoms with Gasteiger partial charge in [-0.25, -0.2) is 9.50 Å². The Morgan fingerprint density at radius 2 is 1.42 bits per heavy atom. The first kappa shape index (κ1) is 33.2. The SMILES string of the molecule is CCCCOc1nc(N(Cc2ccc(OC)cc2)Cc2ccc(OC)cc2)c2ncc(C(C)(O)c3ccc(CN4CCCC4)cc3)n2n1. The van der Waals surface area contributed by atoms with E-state index in [2.05, 4.69) is 28.9 Å². The van der Waals surface area contributed by atoms with Crippen molar-refractivity contribution in [1.29, 1.82) is 0 Å². The molecule has 1 atom stereocenters. The maximum absolute atomic E-state index is 12.1. The number of likely N-dealkylation sites (tertiary alicyclic amines) is 1. The van der Waals surface area contributed by atoms with E-state index < -0.39 is 5.60 Å². The molecule has 3 heterocycles. The topological polar surface area (TPSA) is 97.5 Å². The molecule has 2 aromatic heterocycles. The van der Waals surface area contributed by atoms with Crippen LogP contribution in [0, 0.1) is 0 Å². The highest BCUT2D eigenvalue weighted by Crippen LogP contribution is 2.33. The number of unbranched alkanes of at least 4 members (excludes halogenated alkanes) is 1. The summed E-state index contributed by atoms with van der Waals surface area (Å²) in [6, 6.07) is 24.5. The lowest BCUT2D eigenvalue weighted by atomic mass is 9.92. The molecular formula is C38H46N6O4. The summed E-state index contributed by atoms with van der Waals surface area (Å²) in [7, 11) is 3.33. The van der Waals surface area contributed by atoms with Crippen LogP contribution >= 0.6 is 0 Å². The minimum atomic E-state index is -1.38. The van der Waals surface area contributed by atoms with E-state index in [0.29, 0.717) is 36.9 Å². The van der Waals surface area contributed by atoms with Gasteiger partial charge in [-0.3, -0.25) is 4.90 Å². The van der Waals surface area contributed by atoms with E-state index >= 15 is 0 Å². The normalized spacial score (nSPS) is 14.6. The predicted octanol–water partition coefficient (Wildman–Crippen LogP) is 6.38. The van der Waals surface area contributed by atoms with Gasteiger partial charge < -0.3 is 24.2 Å². The number of fused-ring (bicyclic) bond motifs is 1. The summed E-state index contributed by atoms with van der Waals surface area (Å²) in [5, 5.41) is 16.9. The van der Waals surface area contributed by atoms with Crippen LogP contribution in [0.5, 0.6) is 17.5 Å². The van der Waals surface area contributed by atoms with Gasteiger partial charge in [-0.05, 0) is 85.8 Å². The van der Waals surface area contributed by atoms with Crippen LogP contribution in [0.1, 0.15) is 67.5 Å². The highest BCUT2D eigenvalue weighted by molar-refractivity contribution is 5.65. The van der Waals surface area contributed by atoms with Crippen molar-refractivity contribution in [2.24, 2.45) is 0 Å². The monoisotopic (exact) mass is 650 g/mol. The molecule has 1 saturated heterocycles. The largest absolute Gasteiger partial charge is 0.497 e. The number of hydrogen-bond donors (Lipinski definition) is 1. The molecule has 3 aromatic carbocycles. The summed E-state index contributed by atoms with van der Waals surface area (Å²) in [6.45, 7) is 8.66. The smallest absolute Gasteiger partial charge is 0.336 e. The number of ether oxygens (including phenoxy) is 3. The van der Waals surface area contributed by atoms with Crippen molar-refractivity contribution in [3.63, 3.8) is 0 Å². The molecule has 0 saturated carbocycles. The Hall–Kier alpha value is -4.67. The molecule has 252 valence electrons. The van der Waals surface area contributed by atoms with Gasteiger partial charge in [-0.1, -0.05) is 61.9 Å². The Morgan fingerprint density at radius 1 is 0.833 bits per heavy atom. The Morgan fingerprint density at radius 3 is 1.98 bits per heavy atom. The van der Waals surface area contributed by atoms with Crippen molar-refractivity contribution in [2.45, 2.75) is 64.8 Å². The molecule has 48 heavy (non-hydrogen) atoms. The van der Waals surface area contributed by atoms with Crippen LogP contribution in [0.3, 0.4) is 0 Å². The van der Waals surface area contributed by atoms with Gasteiger partial charge in [-0.2, -0.15) is 4.98 Å². The van der Waals surface area contributed by atoms with Crippen LogP contribution in [0.15, 0.2) is 79.0 Å². The number of aliphatic hydroxyl groups is 1. The Balaban J connectivity index is 1.40. The zero-order chi connectivity index (χ0) is 33.5. The van der Waals surface area contributed by atoms with Gasteiger partial charge >= 0.3 is 6.01 Å². The number of imidazole rings is 1. The van der Waals surface area contributed by atoms with Crippen LogP contribution < -0.4 is 19.1 Å². The molecule has 1 fully saturated rings. The molecule has 1 aliphatic heterocycles. The Kier molecular flexibility index (Phi) is 10.4. The number of hydrogen-bond acceptors (Lipinski definition) is 9. The minimum Gasteiger partial charge on any atom is -0.497 e. The summed E-state index contributed by atoms with van der Waals surface area (Å²) in [5.41, 5.74) is 3.82. The summed E-state index contributed by atoms with van der Waals surface area (Å²) < 4.78 is 18.6. The van der Waals surface area contributed by atoms with Crippen LogP contribution in [0.2, 0.25) is 0 Å². The van der Waals surface area contributed by atoms with Crippen LogP contribution in [0.25, 0.3) is 5.65 Å². The molecule has 1 unspecified atom stereocenters. The first-order valence-electron chi connectivity index (χ1n) is 16.8. The van der Waals surface area contributed by atoms with Gasteiger partial charge in [0.25, 0.3) is 0 Å². The van der Waals surface area contributed by atoms with Gasteiger partial charge in [0.2, 0.25) is 0 Å². The van der Waals surface area contributed by atoms with E-state index in [1.807, 2.05) is 60.7 Å². The van der Waals surface area contributed by atoms with Crippen molar-refractivity contribution < 1.29 is 19.3 Å². The van der Waals surface area contributed by atoms with E-state index in [0.717, 1.165) is 60.7 Å². The second-order valence-electron chi connectivity index (χ2n) is 12.6. The molecule has 0 spiro atoms. The van der Waals surface area contributed by atoms with E-state index in [9.17, 15) is 5.11 Å². The van der Waals surface area contributed by atoms with Crippen LogP contribution in [-0.4, -0.2) is 63.5 Å². The lowest BCUT2D eigenvalue weighted by Crippen LogP contribution is -2.27. The second kappa shape index (κ2) is 15.0. The fourth-order valence-electron chi connectivity index (χ4n) is 6.15. The Bertz CT molecular complexity index is 1720. The third kappa shape index (κ3) is 7.55. The van der Waals surface area contributed by atoms with Crippen molar-refractivity contribution in [3.05, 3.63) is 107 Å². The van der Waals surface area contributed by atoms with E-state index in [-0.39, 0.29) is 6.01 Å². The highest BCUT2D eigenvalue weighted by Gasteiger charge is 2.32. The zero-order valence-electron chi connectivity index (χ0n) is 28.4. The van der Waals surface area contributed by atoms with Gasteiger partial charge in [0.05, 0.1) is 32.7 Å². The van der Waals surface area contributed by atoms with Crippen LogP contribution in [0.4, 0.5) is 5.82 Å². The molecule has 1 N–H and O–H groups in total. The minimum absolute atomic E-state index is 0.233. The molecule has 0 radical (unpaired) electrons. The molecule has 0 aliphatic carbocycles. The number of benzene rings is 3. The molecule has 10 heteroatoms. The lowest BCUT2D eigenvalue weighted by Gasteiger charge is -2.26. The fraction of sp³-hybridized carbons (Fsp3) is 0.395. The molecule has 0 amide bonds. The molecule has 0 bridgehead atoms. The highest BCUT2D eigenvalue weighted by atomic mass is 16.5. The maximum Gasteiger partial charge on any atom is 0.336 e. The van der Waals surface area contributed by atoms with Crippen LogP contribution in [-0.2, 0) is 25.2 Å². The average Bonchev–Trinajstić information content (AvgIpc) is 3.79. The average molecular weight is 651 g/mol. The molecule has 6 rings (SSSR count). The van der Waals surface area contributed by atoms with Crippen molar-refractivity contribution in [2.75, 3.05) is 38.8 Å². The van der Waals surface area contributed by atoms with Gasteiger partial charge in [0, 0.05) is 19.6 Å². The third-order valence-electron chi connectivity index (χ3n) is 9.04. The van der Waals surface area contributed by atoms with Crippen molar-refractivity contribution in [3.8, 4) is 17.5 Å². The third-order valence-corrected chi connectivity index (χ3v) is 9.04. The van der Waals surface area contributed by atoms with Crippen molar-refractivity contribution in [1.82, 2.24) is 24.5 Å². The van der Waals surface area contributed by atoms with E-state index in [1.54, 1.807) is 31.9 Å².